The van der Waals surface area contributed by atoms with Crippen LogP contribution in [0.1, 0.15) is 6.92 Å². The third-order valence-corrected chi connectivity index (χ3v) is 0.728. The van der Waals surface area contributed by atoms with Crippen molar-refractivity contribution in [3.8, 4) is 0 Å². The van der Waals surface area contributed by atoms with Gasteiger partial charge in [0.1, 0.15) is 0 Å². The monoisotopic (exact) mass is 127 g/mol. The van der Waals surface area contributed by atoms with Crippen molar-refractivity contribution in [1.29, 1.82) is 0 Å². The normalized spacial score (nSPS) is 13.0. The fourth-order valence-electron chi connectivity index (χ4n) is 0.228. The number of carboxylic acid groups (broad SMARTS) is 1. The molecule has 0 aromatic heterocycles. The van der Waals surface area contributed by atoms with Crippen molar-refractivity contribution in [2.45, 2.75) is 13.0 Å². The van der Waals surface area contributed by atoms with Gasteiger partial charge in [-0.25, -0.2) is 0 Å². The number of nitrogens with zero attached hydrogens (tertiary/aromatic N) is 1. The van der Waals surface area contributed by atoms with Crippen LogP contribution in [-0.4, -0.2) is 30.4 Å². The second kappa shape index (κ2) is 3.94. The predicted molar refractivity (Wildman–Crippen MR) is 32.0 cm³/mol. The van der Waals surface area contributed by atoms with E-state index in [-0.39, 0.29) is 0 Å². The topological polar surface area (TPSA) is 66.7 Å². The summed E-state index contributed by atoms with van der Waals surface area (Å²) in [6.07, 6.45) is 0.929. The van der Waals surface area contributed by atoms with Crippen LogP contribution in [-0.2, 0) is 9.50 Å². The summed E-state index contributed by atoms with van der Waals surface area (Å²) in [5.74, 6) is -1.03. The Kier molecular flexibility index (Phi) is 3.51. The maximum absolute atomic E-state index is 9.98. The Morgan fingerprint density at radius 2 is 2.44 bits per heavy atom. The van der Waals surface area contributed by atoms with Crippen LogP contribution in [0.2, 0.25) is 0 Å². The van der Waals surface area contributed by atoms with Crippen molar-refractivity contribution in [2.24, 2.45) is 4.99 Å². The van der Waals surface area contributed by atoms with E-state index in [4.69, 9.17) is 5.11 Å². The fourth-order valence-corrected chi connectivity index (χ4v) is 0.228. The summed E-state index contributed by atoms with van der Waals surface area (Å²) < 4.78 is 9.59. The van der Waals surface area contributed by atoms with Gasteiger partial charge in [0.25, 0.3) is 0 Å². The third kappa shape index (κ3) is 3.58. The number of aliphatic imine (C=N–C) groups is 1. The fraction of sp³-hybridized carbons (Fsp3) is 0.500. The van der Waals surface area contributed by atoms with Crippen LogP contribution >= 0.6 is 0 Å². The van der Waals surface area contributed by atoms with Crippen molar-refractivity contribution in [3.05, 3.63) is 0 Å². The van der Waals surface area contributed by atoms with E-state index < -0.39 is 12.0 Å². The average Bonchev–Trinajstić information content (AvgIpc) is 1.82. The molecule has 0 saturated heterocycles. The van der Waals surface area contributed by atoms with Crippen LogP contribution in [0, 0.1) is 0 Å². The molecule has 1 atom stereocenters. The number of rotatable bonds is 3. The van der Waals surface area contributed by atoms with Gasteiger partial charge in [-0.1, -0.05) is 0 Å². The standard InChI is InChI=1S/C4H6BNO3/c1-3(4(7)8)6-2-5-9/h2-3H,1H3,(H,7,8)/b6-2-. The summed E-state index contributed by atoms with van der Waals surface area (Å²) in [6.45, 7) is 1.39. The first-order valence-electron chi connectivity index (χ1n) is 2.38. The molecule has 0 aromatic rings. The van der Waals surface area contributed by atoms with Crippen molar-refractivity contribution >= 4 is 19.2 Å². The van der Waals surface area contributed by atoms with E-state index in [1.54, 1.807) is 0 Å². The minimum absolute atomic E-state index is 0.444. The molecule has 0 aliphatic carbocycles. The van der Waals surface area contributed by atoms with Gasteiger partial charge in [-0.15, -0.1) is 0 Å². The number of hydrogen-bond donors (Lipinski definition) is 1. The van der Waals surface area contributed by atoms with E-state index in [1.807, 2.05) is 0 Å². The van der Waals surface area contributed by atoms with Crippen LogP contribution in [0.25, 0.3) is 0 Å². The number of aliphatic carboxylic acids is 1. The molecule has 9 heavy (non-hydrogen) atoms. The summed E-state index contributed by atoms with van der Waals surface area (Å²) in [5.41, 5.74) is 0. The van der Waals surface area contributed by atoms with Gasteiger partial charge in [0.2, 0.25) is 0 Å². The molecule has 0 aromatic carbocycles. The van der Waals surface area contributed by atoms with Crippen molar-refractivity contribution in [3.63, 3.8) is 0 Å². The molecule has 0 bridgehead atoms. The maximum atomic E-state index is 9.98. The van der Waals surface area contributed by atoms with E-state index in [0.29, 0.717) is 7.15 Å². The van der Waals surface area contributed by atoms with Crippen LogP contribution in [0.3, 0.4) is 0 Å². The van der Waals surface area contributed by atoms with E-state index in [9.17, 15) is 9.50 Å². The Morgan fingerprint density at radius 1 is 1.89 bits per heavy atom. The molecule has 1 N–H and O–H groups in total. The molecule has 0 spiro atoms. The molecule has 0 heterocycles. The van der Waals surface area contributed by atoms with E-state index in [0.717, 1.165) is 6.11 Å². The predicted octanol–water partition coefficient (Wildman–Crippen LogP) is -0.463. The average molecular weight is 127 g/mol. The van der Waals surface area contributed by atoms with Gasteiger partial charge in [0, 0.05) is 0 Å². The van der Waals surface area contributed by atoms with Crippen molar-refractivity contribution in [1.82, 2.24) is 0 Å². The Hall–Kier alpha value is -0.995. The molecule has 5 heteroatoms. The number of carboxylic acids is 1. The Bertz CT molecular complexity index is 145. The van der Waals surface area contributed by atoms with Crippen LogP contribution in [0.4, 0.5) is 0 Å². The van der Waals surface area contributed by atoms with Crippen molar-refractivity contribution in [2.75, 3.05) is 0 Å². The number of hydrogen-bond acceptors (Lipinski definition) is 3. The zero-order valence-electron chi connectivity index (χ0n) is 4.94. The summed E-state index contributed by atoms with van der Waals surface area (Å²) >= 11 is 0. The van der Waals surface area contributed by atoms with Gasteiger partial charge >= 0.3 is 51.8 Å². The Labute approximate surface area is 52.8 Å². The molecule has 48 valence electrons. The first-order valence-corrected chi connectivity index (χ1v) is 2.38. The second-order valence-corrected chi connectivity index (χ2v) is 1.45. The first-order chi connectivity index (χ1) is 4.18. The molecular weight excluding hydrogens is 121 g/mol. The van der Waals surface area contributed by atoms with E-state index >= 15 is 0 Å². The molecule has 0 aliphatic heterocycles. The number of carbonyl (C=O) groups is 1. The van der Waals surface area contributed by atoms with Gasteiger partial charge in [-0.05, 0) is 0 Å². The van der Waals surface area contributed by atoms with Gasteiger partial charge < -0.3 is 0 Å². The summed E-state index contributed by atoms with van der Waals surface area (Å²) in [5, 5.41) is 8.18. The van der Waals surface area contributed by atoms with Crippen LogP contribution < -0.4 is 0 Å². The van der Waals surface area contributed by atoms with Gasteiger partial charge in [0.15, 0.2) is 0 Å². The van der Waals surface area contributed by atoms with Gasteiger partial charge in [-0.2, -0.15) is 0 Å². The van der Waals surface area contributed by atoms with Crippen LogP contribution in [0.5, 0.6) is 0 Å². The molecule has 0 aliphatic rings. The second-order valence-electron chi connectivity index (χ2n) is 1.45. The van der Waals surface area contributed by atoms with E-state index in [2.05, 4.69) is 4.99 Å². The SMILES string of the molecule is CC(/N=C\B=O)C(=O)O. The zero-order valence-corrected chi connectivity index (χ0v) is 4.94. The Morgan fingerprint density at radius 3 is 2.78 bits per heavy atom. The van der Waals surface area contributed by atoms with Crippen molar-refractivity contribution < 1.29 is 14.6 Å². The van der Waals surface area contributed by atoms with Gasteiger partial charge in [-0.3, -0.25) is 0 Å². The molecule has 4 nitrogen and oxygen atoms in total. The molecule has 0 fully saturated rings. The molecular formula is C4H6BNO3. The molecule has 0 saturated carbocycles. The molecule has 0 amide bonds. The molecule has 1 unspecified atom stereocenters. The van der Waals surface area contributed by atoms with E-state index in [1.165, 1.54) is 6.92 Å². The van der Waals surface area contributed by atoms with Crippen LogP contribution in [0.15, 0.2) is 4.99 Å². The quantitative estimate of drug-likeness (QED) is 0.411. The first kappa shape index (κ1) is 8.00. The molecule has 0 radical (unpaired) electrons. The minimum atomic E-state index is -1.03. The summed E-state index contributed by atoms with van der Waals surface area (Å²) in [4.78, 5) is 13.3. The zero-order chi connectivity index (χ0) is 7.28. The molecule has 0 rings (SSSR count). The summed E-state index contributed by atoms with van der Waals surface area (Å²) in [7, 11) is 0.444. The summed E-state index contributed by atoms with van der Waals surface area (Å²) in [6, 6.07) is -0.824. The Balaban J connectivity index is 3.75. The third-order valence-electron chi connectivity index (χ3n) is 0.728. The van der Waals surface area contributed by atoms with Gasteiger partial charge in [0.05, 0.1) is 0 Å².